The number of benzene rings is 2. The van der Waals surface area contributed by atoms with E-state index in [-0.39, 0.29) is 22.8 Å². The highest BCUT2D eigenvalue weighted by atomic mass is 32.2. The number of sulfonamides is 1. The van der Waals surface area contributed by atoms with Gasteiger partial charge in [0.25, 0.3) is 10.0 Å². The number of nitrogens with one attached hydrogen (secondary N) is 1. The molecular formula is C21H24N2O5S. The van der Waals surface area contributed by atoms with Crippen molar-refractivity contribution in [3.8, 4) is 11.5 Å². The van der Waals surface area contributed by atoms with Gasteiger partial charge in [-0.15, -0.1) is 0 Å². The third kappa shape index (κ3) is 3.64. The summed E-state index contributed by atoms with van der Waals surface area (Å²) in [5.41, 5.74) is 2.07. The molecule has 0 unspecified atom stereocenters. The van der Waals surface area contributed by atoms with Crippen molar-refractivity contribution in [2.24, 2.45) is 5.92 Å². The van der Waals surface area contributed by atoms with Gasteiger partial charge in [-0.05, 0) is 62.1 Å². The number of ether oxygens (including phenoxy) is 2. The maximum Gasteiger partial charge on any atom is 0.261 e. The molecule has 1 N–H and O–H groups in total. The molecule has 1 amide bonds. The van der Waals surface area contributed by atoms with Crippen LogP contribution in [-0.2, 0) is 21.2 Å². The van der Waals surface area contributed by atoms with E-state index in [2.05, 4.69) is 4.72 Å². The number of carbonyl (C=O) groups is 1. The van der Waals surface area contributed by atoms with Gasteiger partial charge in [0.1, 0.15) is 0 Å². The third-order valence-corrected chi connectivity index (χ3v) is 6.76. The first-order chi connectivity index (χ1) is 13.8. The van der Waals surface area contributed by atoms with Gasteiger partial charge in [0.15, 0.2) is 11.5 Å². The molecule has 0 aromatic heterocycles. The van der Waals surface area contributed by atoms with Gasteiger partial charge in [-0.25, -0.2) is 8.42 Å². The molecular weight excluding hydrogens is 392 g/mol. The van der Waals surface area contributed by atoms with Crippen molar-refractivity contribution in [3.63, 3.8) is 0 Å². The zero-order valence-electron chi connectivity index (χ0n) is 16.6. The van der Waals surface area contributed by atoms with Gasteiger partial charge < -0.3 is 14.4 Å². The molecule has 154 valence electrons. The fraction of sp³-hybridized carbons (Fsp3) is 0.381. The number of fused-ring (bicyclic) bond motifs is 1. The Labute approximate surface area is 170 Å². The predicted molar refractivity (Wildman–Crippen MR) is 110 cm³/mol. The molecule has 0 spiro atoms. The Morgan fingerprint density at radius 2 is 1.79 bits per heavy atom. The summed E-state index contributed by atoms with van der Waals surface area (Å²) in [6, 6.07) is 9.81. The van der Waals surface area contributed by atoms with E-state index in [1.807, 2.05) is 11.8 Å². The maximum absolute atomic E-state index is 12.9. The first-order valence-corrected chi connectivity index (χ1v) is 11.0. The number of anilines is 2. The van der Waals surface area contributed by atoms with Crippen molar-refractivity contribution in [1.82, 2.24) is 0 Å². The molecule has 1 fully saturated rings. The summed E-state index contributed by atoms with van der Waals surface area (Å²) in [5.74, 6) is 1.22. The van der Waals surface area contributed by atoms with Crippen LogP contribution in [0.3, 0.4) is 0 Å². The lowest BCUT2D eigenvalue weighted by Gasteiger charge is -2.22. The molecule has 29 heavy (non-hydrogen) atoms. The Kier molecular flexibility index (Phi) is 4.90. The highest BCUT2D eigenvalue weighted by Crippen LogP contribution is 2.40. The standard InChI is InChI=1S/C21H24N2O5S/c1-13-10-15-11-17(7-8-18(15)23(13)21(24)14-4-5-14)29(25,26)22-16-6-9-19(27-2)20(12-16)28-3/h6-9,11-14,22H,4-5,10H2,1-3H3/t13-/m1/s1. The van der Waals surface area contributed by atoms with Crippen LogP contribution in [0.1, 0.15) is 25.3 Å². The molecule has 8 heteroatoms. The topological polar surface area (TPSA) is 84.9 Å². The first kappa shape index (κ1) is 19.6. The molecule has 1 aliphatic heterocycles. The Balaban J connectivity index is 1.60. The summed E-state index contributed by atoms with van der Waals surface area (Å²) < 4.78 is 38.8. The molecule has 2 aliphatic rings. The van der Waals surface area contributed by atoms with Crippen LogP contribution in [0.25, 0.3) is 0 Å². The average molecular weight is 416 g/mol. The monoisotopic (exact) mass is 416 g/mol. The zero-order chi connectivity index (χ0) is 20.8. The van der Waals surface area contributed by atoms with Crippen LogP contribution < -0.4 is 19.1 Å². The normalized spacial score (nSPS) is 18.3. The Morgan fingerprint density at radius 3 is 2.45 bits per heavy atom. The van der Waals surface area contributed by atoms with Crippen molar-refractivity contribution >= 4 is 27.3 Å². The van der Waals surface area contributed by atoms with Gasteiger partial charge in [-0.3, -0.25) is 9.52 Å². The number of hydrogen-bond acceptors (Lipinski definition) is 5. The summed E-state index contributed by atoms with van der Waals surface area (Å²) in [4.78, 5) is 14.6. The van der Waals surface area contributed by atoms with Crippen molar-refractivity contribution in [1.29, 1.82) is 0 Å². The van der Waals surface area contributed by atoms with Crippen molar-refractivity contribution in [3.05, 3.63) is 42.0 Å². The molecule has 1 aliphatic carbocycles. The summed E-state index contributed by atoms with van der Waals surface area (Å²) >= 11 is 0. The lowest BCUT2D eigenvalue weighted by molar-refractivity contribution is -0.120. The van der Waals surface area contributed by atoms with Gasteiger partial charge in [-0.2, -0.15) is 0 Å². The van der Waals surface area contributed by atoms with E-state index in [0.717, 1.165) is 24.1 Å². The molecule has 1 atom stereocenters. The molecule has 2 aromatic carbocycles. The van der Waals surface area contributed by atoms with Gasteiger partial charge in [0.05, 0.1) is 24.8 Å². The maximum atomic E-state index is 12.9. The highest BCUT2D eigenvalue weighted by molar-refractivity contribution is 7.92. The molecule has 2 aromatic rings. The van der Waals surface area contributed by atoms with E-state index in [4.69, 9.17) is 9.47 Å². The van der Waals surface area contributed by atoms with Crippen LogP contribution in [0, 0.1) is 5.92 Å². The fourth-order valence-corrected chi connectivity index (χ4v) is 4.85. The lowest BCUT2D eigenvalue weighted by atomic mass is 10.1. The molecule has 1 heterocycles. The second-order valence-electron chi connectivity index (χ2n) is 7.50. The Bertz CT molecular complexity index is 1060. The van der Waals surface area contributed by atoms with Crippen LogP contribution in [0.4, 0.5) is 11.4 Å². The number of nitrogens with zero attached hydrogens (tertiary/aromatic N) is 1. The molecule has 0 saturated heterocycles. The van der Waals surface area contributed by atoms with Gasteiger partial charge in [0.2, 0.25) is 5.91 Å². The average Bonchev–Trinajstić information content (AvgIpc) is 3.49. The molecule has 0 radical (unpaired) electrons. The quantitative estimate of drug-likeness (QED) is 0.782. The zero-order valence-corrected chi connectivity index (χ0v) is 17.5. The highest BCUT2D eigenvalue weighted by Gasteiger charge is 2.39. The second kappa shape index (κ2) is 7.26. The molecule has 1 saturated carbocycles. The minimum Gasteiger partial charge on any atom is -0.493 e. The van der Waals surface area contributed by atoms with Gasteiger partial charge >= 0.3 is 0 Å². The first-order valence-electron chi connectivity index (χ1n) is 9.55. The smallest absolute Gasteiger partial charge is 0.261 e. The predicted octanol–water partition coefficient (Wildman–Crippen LogP) is 3.19. The van der Waals surface area contributed by atoms with Crippen LogP contribution in [0.2, 0.25) is 0 Å². The number of rotatable bonds is 6. The summed E-state index contributed by atoms with van der Waals surface area (Å²) in [7, 11) is -0.778. The number of amides is 1. The summed E-state index contributed by atoms with van der Waals surface area (Å²) in [6.45, 7) is 2.00. The van der Waals surface area contributed by atoms with E-state index >= 15 is 0 Å². The van der Waals surface area contributed by atoms with Crippen LogP contribution in [-0.4, -0.2) is 34.6 Å². The van der Waals surface area contributed by atoms with E-state index in [1.54, 1.807) is 36.4 Å². The van der Waals surface area contributed by atoms with Gasteiger partial charge in [0, 0.05) is 23.7 Å². The summed E-state index contributed by atoms with van der Waals surface area (Å²) in [6.07, 6.45) is 2.53. The lowest BCUT2D eigenvalue weighted by Crippen LogP contribution is -2.36. The largest absolute Gasteiger partial charge is 0.493 e. The molecule has 0 bridgehead atoms. The van der Waals surface area contributed by atoms with Crippen LogP contribution in [0.15, 0.2) is 41.3 Å². The van der Waals surface area contributed by atoms with Gasteiger partial charge in [-0.1, -0.05) is 0 Å². The minimum atomic E-state index is -3.79. The Hall–Kier alpha value is -2.74. The van der Waals surface area contributed by atoms with E-state index in [0.29, 0.717) is 23.6 Å². The SMILES string of the molecule is COc1ccc(NS(=O)(=O)c2ccc3c(c2)C[C@@H](C)N3C(=O)C2CC2)cc1OC. The summed E-state index contributed by atoms with van der Waals surface area (Å²) in [5, 5.41) is 0. The molecule has 4 rings (SSSR count). The fourth-order valence-electron chi connectivity index (χ4n) is 3.75. The van der Waals surface area contributed by atoms with E-state index < -0.39 is 10.0 Å². The number of methoxy groups -OCH3 is 2. The van der Waals surface area contributed by atoms with Crippen molar-refractivity contribution in [2.45, 2.75) is 37.1 Å². The van der Waals surface area contributed by atoms with E-state index in [9.17, 15) is 13.2 Å². The van der Waals surface area contributed by atoms with E-state index in [1.165, 1.54) is 14.2 Å². The van der Waals surface area contributed by atoms with Crippen molar-refractivity contribution < 1.29 is 22.7 Å². The van der Waals surface area contributed by atoms with Crippen molar-refractivity contribution in [2.75, 3.05) is 23.8 Å². The second-order valence-corrected chi connectivity index (χ2v) is 9.18. The number of hydrogen-bond donors (Lipinski definition) is 1. The van der Waals surface area contributed by atoms with Crippen LogP contribution >= 0.6 is 0 Å². The van der Waals surface area contributed by atoms with Crippen LogP contribution in [0.5, 0.6) is 11.5 Å². The third-order valence-electron chi connectivity index (χ3n) is 5.38. The minimum absolute atomic E-state index is 0.0369. The molecule has 7 nitrogen and oxygen atoms in total. The Morgan fingerprint density at radius 1 is 1.07 bits per heavy atom. The number of carbonyl (C=O) groups excluding carboxylic acids is 1.